The van der Waals surface area contributed by atoms with Gasteiger partial charge in [-0.1, -0.05) is 24.3 Å². The highest BCUT2D eigenvalue weighted by molar-refractivity contribution is 7.78. The average molecular weight is 588 g/mol. The van der Waals surface area contributed by atoms with E-state index in [1.807, 2.05) is 79.7 Å². The fourth-order valence-corrected chi connectivity index (χ4v) is 11.3. The van der Waals surface area contributed by atoms with Crippen LogP contribution in [0.25, 0.3) is 0 Å². The normalized spacial score (nSPS) is 20.3. The highest BCUT2D eigenvalue weighted by Crippen LogP contribution is 2.79. The molecule has 14 heteroatoms. The summed E-state index contributed by atoms with van der Waals surface area (Å²) in [5, 5.41) is 0. The lowest BCUT2D eigenvalue weighted by atomic mass is 10.3. The molecule has 0 aliphatic carbocycles. The molecule has 0 amide bonds. The first kappa shape index (κ1) is 31.0. The third-order valence-corrected chi connectivity index (χ3v) is 11.9. The van der Waals surface area contributed by atoms with Gasteiger partial charge in [0.2, 0.25) is 0 Å². The fraction of sp³-hybridized carbons (Fsp3) is 0.500. The number of rotatable bonds is 12. The molecule has 2 aromatic rings. The second-order valence-corrected chi connectivity index (χ2v) is 15.1. The van der Waals surface area contributed by atoms with Crippen molar-refractivity contribution in [1.82, 2.24) is 9.21 Å². The fourth-order valence-electron chi connectivity index (χ4n) is 3.07. The third kappa shape index (κ3) is 8.01. The van der Waals surface area contributed by atoms with Crippen LogP contribution < -0.4 is 20.8 Å². The summed E-state index contributed by atoms with van der Waals surface area (Å²) in [5.41, 5.74) is 13.5. The van der Waals surface area contributed by atoms with Crippen LogP contribution in [0.1, 0.15) is 55.4 Å². The van der Waals surface area contributed by atoms with Crippen molar-refractivity contribution < 1.29 is 27.8 Å². The van der Waals surface area contributed by atoms with Crippen molar-refractivity contribution in [2.45, 2.75) is 79.8 Å². The van der Waals surface area contributed by atoms with Gasteiger partial charge in [-0.15, -0.1) is 0 Å². The molecule has 2 aromatic carbocycles. The van der Waals surface area contributed by atoms with Crippen molar-refractivity contribution in [3.63, 3.8) is 0 Å². The summed E-state index contributed by atoms with van der Waals surface area (Å²) in [6.07, 6.45) is -0.924. The minimum Gasteiger partial charge on any atom is -0.439 e. The van der Waals surface area contributed by atoms with E-state index in [0.29, 0.717) is 22.9 Å². The second kappa shape index (κ2) is 13.7. The summed E-state index contributed by atoms with van der Waals surface area (Å²) >= 11 is 0. The summed E-state index contributed by atoms with van der Waals surface area (Å²) in [7, 11) is -7.12. The second-order valence-electron chi connectivity index (χ2n) is 9.47. The molecule has 1 aliphatic rings. The SMILES string of the molecule is CC(C)ON1P(OC(C)C)N=P(OC(C)C)(OC(C)C)N(Oc2ccccc2N)P1Oc1ccccc1N. The first-order valence-corrected chi connectivity index (χ1v) is 16.4. The maximum absolute atomic E-state index is 6.60. The van der Waals surface area contributed by atoms with Crippen LogP contribution in [0.15, 0.2) is 53.0 Å². The Hall–Kier alpha value is -1.51. The molecule has 0 bridgehead atoms. The Kier molecular flexibility index (Phi) is 11.2. The molecule has 38 heavy (non-hydrogen) atoms. The van der Waals surface area contributed by atoms with Crippen LogP contribution >= 0.6 is 24.6 Å². The molecule has 1 heterocycles. The van der Waals surface area contributed by atoms with Crippen molar-refractivity contribution in [3.8, 4) is 11.5 Å². The Morgan fingerprint density at radius 2 is 1.26 bits per heavy atom. The maximum atomic E-state index is 6.60. The number of hydrogen-bond donors (Lipinski definition) is 2. The highest BCUT2D eigenvalue weighted by atomic mass is 31.3. The molecule has 11 nitrogen and oxygen atoms in total. The topological polar surface area (TPSA) is 126 Å². The maximum Gasteiger partial charge on any atom is 0.339 e. The van der Waals surface area contributed by atoms with Gasteiger partial charge in [-0.2, -0.15) is 4.52 Å². The monoisotopic (exact) mass is 587 g/mol. The third-order valence-electron chi connectivity index (χ3n) is 4.35. The lowest BCUT2D eigenvalue weighted by Gasteiger charge is -2.46. The highest BCUT2D eigenvalue weighted by Gasteiger charge is 2.55. The van der Waals surface area contributed by atoms with E-state index < -0.39 is 24.6 Å². The van der Waals surface area contributed by atoms with Crippen molar-refractivity contribution in [2.75, 3.05) is 11.5 Å². The molecular weight excluding hydrogens is 547 g/mol. The Morgan fingerprint density at radius 1 is 0.737 bits per heavy atom. The van der Waals surface area contributed by atoms with E-state index in [9.17, 15) is 0 Å². The van der Waals surface area contributed by atoms with Crippen LogP contribution in [0.4, 0.5) is 11.4 Å². The van der Waals surface area contributed by atoms with Crippen LogP contribution in [0.2, 0.25) is 0 Å². The summed E-state index contributed by atoms with van der Waals surface area (Å²) in [6.45, 7) is 15.4. The largest absolute Gasteiger partial charge is 0.439 e. The van der Waals surface area contributed by atoms with Gasteiger partial charge in [-0.3, -0.25) is 4.84 Å². The smallest absolute Gasteiger partial charge is 0.339 e. The molecule has 0 radical (unpaired) electrons. The lowest BCUT2D eigenvalue weighted by molar-refractivity contribution is -0.0789. The molecule has 0 aromatic heterocycles. The summed E-state index contributed by atoms with van der Waals surface area (Å²) < 4.78 is 34.2. The molecule has 0 saturated carbocycles. The lowest BCUT2D eigenvalue weighted by Crippen LogP contribution is -2.36. The number of hydrogen-bond acceptors (Lipinski definition) is 11. The zero-order valence-electron chi connectivity index (χ0n) is 23.2. The molecule has 4 N–H and O–H groups in total. The predicted octanol–water partition coefficient (Wildman–Crippen LogP) is 7.86. The van der Waals surface area contributed by atoms with Gasteiger partial charge in [-0.25, -0.2) is 0 Å². The van der Waals surface area contributed by atoms with Gasteiger partial charge < -0.3 is 34.4 Å². The zero-order valence-corrected chi connectivity index (χ0v) is 25.9. The zero-order chi connectivity index (χ0) is 28.0. The van der Waals surface area contributed by atoms with E-state index in [-0.39, 0.29) is 24.4 Å². The van der Waals surface area contributed by atoms with E-state index in [1.165, 1.54) is 4.60 Å². The van der Waals surface area contributed by atoms with Crippen molar-refractivity contribution in [1.29, 1.82) is 0 Å². The predicted molar refractivity (Wildman–Crippen MR) is 155 cm³/mol. The van der Waals surface area contributed by atoms with E-state index in [0.717, 1.165) is 0 Å². The standard InChI is InChI=1S/C24H40N5O6P3/c1-17(2)30-28-36(32-18(3)4)27-38(34-19(5)6,35-20(7)8)29(31-23-15-11-9-13-21(23)25)37(28)33-24-16-12-10-14-22(24)26/h9-20H,25-26H2,1-8H3. The number of para-hydroxylation sites is 4. The summed E-state index contributed by atoms with van der Waals surface area (Å²) in [5.74, 6) is 0.837. The van der Waals surface area contributed by atoms with Crippen molar-refractivity contribution in [3.05, 3.63) is 48.5 Å². The van der Waals surface area contributed by atoms with Gasteiger partial charge in [0, 0.05) is 4.60 Å². The molecule has 0 spiro atoms. The van der Waals surface area contributed by atoms with Crippen LogP contribution in [0.5, 0.6) is 11.5 Å². The van der Waals surface area contributed by atoms with Gasteiger partial charge in [0.1, 0.15) is 5.75 Å². The van der Waals surface area contributed by atoms with E-state index in [4.69, 9.17) is 43.8 Å². The number of nitrogen functional groups attached to an aromatic ring is 2. The number of benzene rings is 2. The van der Waals surface area contributed by atoms with Crippen LogP contribution in [-0.4, -0.2) is 33.6 Å². The van der Waals surface area contributed by atoms with Crippen LogP contribution in [-0.2, 0) is 18.4 Å². The van der Waals surface area contributed by atoms with Gasteiger partial charge in [0.25, 0.3) is 8.45 Å². The molecule has 0 saturated heterocycles. The van der Waals surface area contributed by atoms with Crippen LogP contribution in [0.3, 0.4) is 0 Å². The quantitative estimate of drug-likeness (QED) is 0.187. The Bertz CT molecular complexity index is 1090. The molecule has 212 valence electrons. The number of anilines is 2. The van der Waals surface area contributed by atoms with Crippen molar-refractivity contribution in [2.24, 2.45) is 4.52 Å². The summed E-state index contributed by atoms with van der Waals surface area (Å²) in [4.78, 5) is 12.8. The number of nitrogens with two attached hydrogens (primary N) is 2. The van der Waals surface area contributed by atoms with Gasteiger partial charge in [0.15, 0.2) is 5.75 Å². The van der Waals surface area contributed by atoms with E-state index >= 15 is 0 Å². The Labute approximate surface area is 228 Å². The van der Waals surface area contributed by atoms with E-state index in [1.54, 1.807) is 28.9 Å². The van der Waals surface area contributed by atoms with Gasteiger partial charge in [-0.05, 0) is 84.3 Å². The van der Waals surface area contributed by atoms with Gasteiger partial charge >= 0.3 is 16.1 Å². The number of nitrogens with zero attached hydrogens (tertiary/aromatic N) is 3. The molecule has 2 unspecified atom stereocenters. The first-order valence-electron chi connectivity index (χ1n) is 12.5. The molecule has 2 atom stereocenters. The molecular formula is C24H40N5O6P3. The van der Waals surface area contributed by atoms with Crippen LogP contribution in [0, 0.1) is 0 Å². The molecule has 3 rings (SSSR count). The average Bonchev–Trinajstić information content (AvgIpc) is 2.79. The molecule has 0 fully saturated rings. The molecule has 1 aliphatic heterocycles. The Morgan fingerprint density at radius 3 is 1.74 bits per heavy atom. The minimum atomic E-state index is -3.37. The first-order chi connectivity index (χ1) is 17.9. The van der Waals surface area contributed by atoms with E-state index in [2.05, 4.69) is 0 Å². The Balaban J connectivity index is 2.29. The van der Waals surface area contributed by atoms with Crippen molar-refractivity contribution >= 4 is 35.9 Å². The van der Waals surface area contributed by atoms with Gasteiger partial charge in [0.05, 0.1) is 35.8 Å². The summed E-state index contributed by atoms with van der Waals surface area (Å²) in [6, 6.07) is 14.4. The minimum absolute atomic E-state index is 0.168.